The van der Waals surface area contributed by atoms with E-state index >= 15 is 0 Å². The van der Waals surface area contributed by atoms with E-state index in [9.17, 15) is 9.59 Å². The highest BCUT2D eigenvalue weighted by Crippen LogP contribution is 2.38. The summed E-state index contributed by atoms with van der Waals surface area (Å²) in [5.74, 6) is 1.87. The Hall–Kier alpha value is -2.74. The smallest absolute Gasteiger partial charge is 0.216 e. The molecule has 0 radical (unpaired) electrons. The van der Waals surface area contributed by atoms with E-state index in [-0.39, 0.29) is 18.1 Å². The summed E-state index contributed by atoms with van der Waals surface area (Å²) in [7, 11) is 6.16. The molecule has 162 valence electrons. The molecule has 0 aromatic heterocycles. The summed E-state index contributed by atoms with van der Waals surface area (Å²) in [6, 6.07) is 7.04. The van der Waals surface area contributed by atoms with Crippen molar-refractivity contribution in [2.45, 2.75) is 19.8 Å². The van der Waals surface area contributed by atoms with Crippen LogP contribution in [0.2, 0.25) is 0 Å². The first kappa shape index (κ1) is 23.5. The molecule has 2 aromatic rings. The highest BCUT2D eigenvalue weighted by molar-refractivity contribution is 9.10. The molecular formula is C22H26BrNO6. The fourth-order valence-electron chi connectivity index (χ4n) is 3.10. The number of Topliss-reactive ketones (excluding diaryl/α,β-unsaturated/α-hetero) is 1. The van der Waals surface area contributed by atoms with Crippen LogP contribution in [0.25, 0.3) is 0 Å². The highest BCUT2D eigenvalue weighted by atomic mass is 79.9. The lowest BCUT2D eigenvalue weighted by Gasteiger charge is -2.16. The molecule has 30 heavy (non-hydrogen) atoms. The summed E-state index contributed by atoms with van der Waals surface area (Å²) in [6.07, 6.45) is 0.623. The number of ether oxygens (including phenoxy) is 4. The van der Waals surface area contributed by atoms with E-state index < -0.39 is 0 Å². The number of carbonyl (C=O) groups excluding carboxylic acids is 2. The third-order valence-electron chi connectivity index (χ3n) is 4.59. The third-order valence-corrected chi connectivity index (χ3v) is 5.46. The van der Waals surface area contributed by atoms with Crippen molar-refractivity contribution in [1.29, 1.82) is 0 Å². The maximum atomic E-state index is 13.2. The molecule has 1 amide bonds. The SMILES string of the molecule is COc1cc(CCNC(C)=O)c(C(=O)Cc2ccc(OC)c(OC)c2Br)cc1OC. The summed E-state index contributed by atoms with van der Waals surface area (Å²) >= 11 is 3.51. The molecule has 0 saturated heterocycles. The lowest BCUT2D eigenvalue weighted by atomic mass is 9.95. The van der Waals surface area contributed by atoms with Gasteiger partial charge >= 0.3 is 0 Å². The summed E-state index contributed by atoms with van der Waals surface area (Å²) in [5.41, 5.74) is 2.04. The number of nitrogens with one attached hydrogen (secondary N) is 1. The molecular weight excluding hydrogens is 454 g/mol. The lowest BCUT2D eigenvalue weighted by Crippen LogP contribution is -2.23. The van der Waals surface area contributed by atoms with E-state index in [0.717, 1.165) is 11.1 Å². The van der Waals surface area contributed by atoms with Crippen molar-refractivity contribution < 1.29 is 28.5 Å². The number of benzene rings is 2. The van der Waals surface area contributed by atoms with Gasteiger partial charge in [0.15, 0.2) is 28.8 Å². The number of rotatable bonds is 10. The first-order valence-corrected chi connectivity index (χ1v) is 10.1. The van der Waals surface area contributed by atoms with Gasteiger partial charge in [0.05, 0.1) is 32.9 Å². The van der Waals surface area contributed by atoms with E-state index in [4.69, 9.17) is 18.9 Å². The van der Waals surface area contributed by atoms with Crippen LogP contribution >= 0.6 is 15.9 Å². The number of ketones is 1. The molecule has 0 atom stereocenters. The molecule has 0 aliphatic heterocycles. The standard InChI is InChI=1S/C22H26BrNO6/c1-13(25)24-9-8-14-11-19(28-3)20(29-4)12-16(14)17(26)10-15-6-7-18(27-2)22(30-5)21(15)23/h6-7,11-12H,8-10H2,1-5H3,(H,24,25). The lowest BCUT2D eigenvalue weighted by molar-refractivity contribution is -0.118. The van der Waals surface area contributed by atoms with Crippen LogP contribution in [-0.4, -0.2) is 46.7 Å². The second-order valence-electron chi connectivity index (χ2n) is 6.47. The minimum atomic E-state index is -0.127. The Kier molecular flexibility index (Phi) is 8.53. The van der Waals surface area contributed by atoms with Gasteiger partial charge in [0, 0.05) is 25.5 Å². The van der Waals surface area contributed by atoms with E-state index in [1.54, 1.807) is 32.4 Å². The molecule has 0 heterocycles. The van der Waals surface area contributed by atoms with Gasteiger partial charge in [0.1, 0.15) is 0 Å². The van der Waals surface area contributed by atoms with Gasteiger partial charge in [0.25, 0.3) is 0 Å². The molecule has 2 rings (SSSR count). The van der Waals surface area contributed by atoms with Gasteiger partial charge in [-0.2, -0.15) is 0 Å². The molecule has 0 spiro atoms. The summed E-state index contributed by atoms with van der Waals surface area (Å²) in [6.45, 7) is 1.86. The topological polar surface area (TPSA) is 83.1 Å². The molecule has 0 bridgehead atoms. The Balaban J connectivity index is 2.41. The van der Waals surface area contributed by atoms with Crippen molar-refractivity contribution in [3.63, 3.8) is 0 Å². The normalized spacial score (nSPS) is 10.3. The second-order valence-corrected chi connectivity index (χ2v) is 7.26. The van der Waals surface area contributed by atoms with Gasteiger partial charge < -0.3 is 24.3 Å². The van der Waals surface area contributed by atoms with Crippen LogP contribution in [0.1, 0.15) is 28.4 Å². The highest BCUT2D eigenvalue weighted by Gasteiger charge is 2.20. The molecule has 8 heteroatoms. The second kappa shape index (κ2) is 10.9. The zero-order valence-electron chi connectivity index (χ0n) is 17.8. The van der Waals surface area contributed by atoms with E-state index in [2.05, 4.69) is 21.2 Å². The number of hydrogen-bond donors (Lipinski definition) is 1. The zero-order valence-corrected chi connectivity index (χ0v) is 19.3. The Labute approximate surface area is 184 Å². The van der Waals surface area contributed by atoms with Crippen molar-refractivity contribution in [3.05, 3.63) is 45.4 Å². The van der Waals surface area contributed by atoms with Gasteiger partial charge in [0.2, 0.25) is 5.91 Å². The Morgan fingerprint density at radius 1 is 0.900 bits per heavy atom. The van der Waals surface area contributed by atoms with Crippen molar-refractivity contribution >= 4 is 27.6 Å². The molecule has 0 fully saturated rings. The van der Waals surface area contributed by atoms with Gasteiger partial charge in [-0.3, -0.25) is 9.59 Å². The van der Waals surface area contributed by atoms with Gasteiger partial charge in [-0.1, -0.05) is 6.07 Å². The van der Waals surface area contributed by atoms with Crippen molar-refractivity contribution in [2.24, 2.45) is 0 Å². The van der Waals surface area contributed by atoms with Gasteiger partial charge in [-0.25, -0.2) is 0 Å². The maximum absolute atomic E-state index is 13.2. The molecule has 7 nitrogen and oxygen atoms in total. The molecule has 1 N–H and O–H groups in total. The predicted octanol–water partition coefficient (Wildman–Crippen LogP) is 3.59. The van der Waals surface area contributed by atoms with Crippen LogP contribution in [-0.2, 0) is 17.6 Å². The quantitative estimate of drug-likeness (QED) is 0.524. The summed E-state index contributed by atoms with van der Waals surface area (Å²) in [4.78, 5) is 24.4. The van der Waals surface area contributed by atoms with Crippen LogP contribution in [0.4, 0.5) is 0 Å². The van der Waals surface area contributed by atoms with Crippen LogP contribution in [0.5, 0.6) is 23.0 Å². The van der Waals surface area contributed by atoms with Crippen LogP contribution < -0.4 is 24.3 Å². The largest absolute Gasteiger partial charge is 0.493 e. The predicted molar refractivity (Wildman–Crippen MR) is 117 cm³/mol. The van der Waals surface area contributed by atoms with Crippen LogP contribution in [0.15, 0.2) is 28.7 Å². The fourth-order valence-corrected chi connectivity index (χ4v) is 3.73. The minimum absolute atomic E-state index is 0.0957. The fraction of sp³-hybridized carbons (Fsp3) is 0.364. The van der Waals surface area contributed by atoms with Gasteiger partial charge in [-0.05, 0) is 51.7 Å². The number of amides is 1. The monoisotopic (exact) mass is 479 g/mol. The molecule has 0 aliphatic carbocycles. The summed E-state index contributed by atoms with van der Waals surface area (Å²) < 4.78 is 22.1. The number of hydrogen-bond acceptors (Lipinski definition) is 6. The first-order chi connectivity index (χ1) is 14.4. The van der Waals surface area contributed by atoms with E-state index in [0.29, 0.717) is 46.0 Å². The number of methoxy groups -OCH3 is 4. The molecule has 0 aliphatic rings. The first-order valence-electron chi connectivity index (χ1n) is 9.28. The van der Waals surface area contributed by atoms with E-state index in [1.165, 1.54) is 21.1 Å². The van der Waals surface area contributed by atoms with Crippen molar-refractivity contribution in [2.75, 3.05) is 35.0 Å². The Morgan fingerprint density at radius 2 is 1.53 bits per heavy atom. The molecule has 2 aromatic carbocycles. The maximum Gasteiger partial charge on any atom is 0.216 e. The van der Waals surface area contributed by atoms with E-state index in [1.807, 2.05) is 6.07 Å². The third kappa shape index (κ3) is 5.44. The van der Waals surface area contributed by atoms with Crippen LogP contribution in [0, 0.1) is 0 Å². The van der Waals surface area contributed by atoms with Crippen molar-refractivity contribution in [1.82, 2.24) is 5.32 Å². The number of carbonyl (C=O) groups is 2. The van der Waals surface area contributed by atoms with Crippen molar-refractivity contribution in [3.8, 4) is 23.0 Å². The average molecular weight is 480 g/mol. The zero-order chi connectivity index (χ0) is 22.3. The number of halogens is 1. The average Bonchev–Trinajstić information content (AvgIpc) is 2.74. The Bertz CT molecular complexity index is 928. The minimum Gasteiger partial charge on any atom is -0.493 e. The molecule has 0 saturated carbocycles. The molecule has 0 unspecified atom stereocenters. The van der Waals surface area contributed by atoms with Crippen LogP contribution in [0.3, 0.4) is 0 Å². The Morgan fingerprint density at radius 3 is 2.10 bits per heavy atom. The summed E-state index contributed by atoms with van der Waals surface area (Å²) in [5, 5.41) is 2.75. The van der Waals surface area contributed by atoms with Gasteiger partial charge in [-0.15, -0.1) is 0 Å².